The fourth-order valence-electron chi connectivity index (χ4n) is 1.49. The summed E-state index contributed by atoms with van der Waals surface area (Å²) in [5.41, 5.74) is 0.588. The molecule has 0 radical (unpaired) electrons. The molecule has 0 bridgehead atoms. The average Bonchev–Trinajstić information content (AvgIpc) is 2.69. The molecule has 0 aromatic heterocycles. The summed E-state index contributed by atoms with van der Waals surface area (Å²) in [4.78, 5) is 0. The van der Waals surface area contributed by atoms with Gasteiger partial charge in [0, 0.05) is 16.6 Å². The Hall–Kier alpha value is -0.450. The number of hydrogen-bond acceptors (Lipinski definition) is 2. The zero-order chi connectivity index (χ0) is 10.7. The fraction of sp³-hybridized carbons (Fsp3) is 0.455. The molecule has 2 rings (SSSR count). The second-order valence-electron chi connectivity index (χ2n) is 3.53. The smallest absolute Gasteiger partial charge is 0.129 e. The van der Waals surface area contributed by atoms with E-state index in [0.717, 1.165) is 17.5 Å². The van der Waals surface area contributed by atoms with E-state index in [-0.39, 0.29) is 11.9 Å². The van der Waals surface area contributed by atoms with Crippen molar-refractivity contribution < 1.29 is 13.9 Å². The van der Waals surface area contributed by atoms with Gasteiger partial charge in [0.25, 0.3) is 0 Å². The summed E-state index contributed by atoms with van der Waals surface area (Å²) in [6, 6.07) is 4.99. The van der Waals surface area contributed by atoms with E-state index < -0.39 is 0 Å². The van der Waals surface area contributed by atoms with E-state index in [1.807, 2.05) is 6.07 Å². The van der Waals surface area contributed by atoms with Crippen molar-refractivity contribution >= 4 is 15.9 Å². The Labute approximate surface area is 96.5 Å². The minimum absolute atomic E-state index is 0.119. The van der Waals surface area contributed by atoms with Crippen LogP contribution in [0.1, 0.15) is 12.0 Å². The minimum Gasteiger partial charge on any atom is -0.379 e. The van der Waals surface area contributed by atoms with Gasteiger partial charge >= 0.3 is 0 Å². The van der Waals surface area contributed by atoms with Gasteiger partial charge in [-0.2, -0.15) is 0 Å². The molecule has 1 saturated heterocycles. The van der Waals surface area contributed by atoms with E-state index >= 15 is 0 Å². The molecule has 1 heterocycles. The summed E-state index contributed by atoms with van der Waals surface area (Å²) in [5, 5.41) is 0. The van der Waals surface area contributed by atoms with Crippen LogP contribution in [-0.2, 0) is 16.1 Å². The van der Waals surface area contributed by atoms with Gasteiger partial charge in [-0.3, -0.25) is 0 Å². The third kappa shape index (κ3) is 3.00. The monoisotopic (exact) mass is 274 g/mol. The summed E-state index contributed by atoms with van der Waals surface area (Å²) in [6.45, 7) is 1.68. The molecule has 1 aromatic rings. The molecule has 82 valence electrons. The number of benzene rings is 1. The summed E-state index contributed by atoms with van der Waals surface area (Å²) in [6.07, 6.45) is 1.02. The van der Waals surface area contributed by atoms with Crippen molar-refractivity contribution in [3.8, 4) is 0 Å². The highest BCUT2D eigenvalue weighted by molar-refractivity contribution is 9.10. The van der Waals surface area contributed by atoms with Crippen LogP contribution in [0.25, 0.3) is 0 Å². The molecule has 1 aromatic carbocycles. The van der Waals surface area contributed by atoms with E-state index in [9.17, 15) is 4.39 Å². The lowest BCUT2D eigenvalue weighted by atomic mass is 10.2. The van der Waals surface area contributed by atoms with Gasteiger partial charge in [0.2, 0.25) is 0 Å². The van der Waals surface area contributed by atoms with Crippen LogP contribution in [0.5, 0.6) is 0 Å². The third-order valence-electron chi connectivity index (χ3n) is 2.38. The Morgan fingerprint density at radius 3 is 3.07 bits per heavy atom. The van der Waals surface area contributed by atoms with E-state index in [1.165, 1.54) is 6.07 Å². The van der Waals surface area contributed by atoms with Gasteiger partial charge in [-0.25, -0.2) is 4.39 Å². The van der Waals surface area contributed by atoms with Crippen LogP contribution in [0, 0.1) is 5.82 Å². The second kappa shape index (κ2) is 5.05. The molecule has 1 unspecified atom stereocenters. The number of ether oxygens (including phenoxy) is 2. The maximum atomic E-state index is 13.4. The first-order valence-electron chi connectivity index (χ1n) is 4.89. The molecule has 1 aliphatic rings. The maximum absolute atomic E-state index is 13.4. The van der Waals surface area contributed by atoms with Gasteiger partial charge < -0.3 is 9.47 Å². The van der Waals surface area contributed by atoms with Crippen molar-refractivity contribution in [1.82, 2.24) is 0 Å². The van der Waals surface area contributed by atoms with E-state index in [4.69, 9.17) is 9.47 Å². The van der Waals surface area contributed by atoms with Crippen molar-refractivity contribution in [2.75, 3.05) is 13.2 Å². The summed E-state index contributed by atoms with van der Waals surface area (Å²) in [5.74, 6) is -0.233. The lowest BCUT2D eigenvalue weighted by molar-refractivity contribution is 0.0304. The molecule has 4 heteroatoms. The van der Waals surface area contributed by atoms with Gasteiger partial charge in [-0.15, -0.1) is 0 Å². The molecule has 2 nitrogen and oxygen atoms in total. The lowest BCUT2D eigenvalue weighted by Crippen LogP contribution is -2.12. The summed E-state index contributed by atoms with van der Waals surface area (Å²) >= 11 is 3.21. The zero-order valence-electron chi connectivity index (χ0n) is 8.21. The Balaban J connectivity index is 1.92. The second-order valence-corrected chi connectivity index (χ2v) is 4.45. The predicted molar refractivity (Wildman–Crippen MR) is 58.1 cm³/mol. The highest BCUT2D eigenvalue weighted by Gasteiger charge is 2.16. The number of halogens is 2. The first-order valence-corrected chi connectivity index (χ1v) is 5.68. The largest absolute Gasteiger partial charge is 0.379 e. The molecule has 0 saturated carbocycles. The van der Waals surface area contributed by atoms with E-state index in [0.29, 0.717) is 18.8 Å². The highest BCUT2D eigenvalue weighted by Crippen LogP contribution is 2.17. The van der Waals surface area contributed by atoms with Gasteiger partial charge in [-0.1, -0.05) is 22.0 Å². The van der Waals surface area contributed by atoms with Crippen LogP contribution in [0.2, 0.25) is 0 Å². The van der Waals surface area contributed by atoms with Crippen LogP contribution in [0.3, 0.4) is 0 Å². The van der Waals surface area contributed by atoms with Crippen LogP contribution in [0.15, 0.2) is 22.7 Å². The first-order chi connectivity index (χ1) is 7.25. The van der Waals surface area contributed by atoms with E-state index in [1.54, 1.807) is 6.07 Å². The van der Waals surface area contributed by atoms with Crippen LogP contribution < -0.4 is 0 Å². The first kappa shape index (κ1) is 11.0. The molecular weight excluding hydrogens is 263 g/mol. The normalized spacial score (nSPS) is 20.8. The highest BCUT2D eigenvalue weighted by atomic mass is 79.9. The fourth-order valence-corrected chi connectivity index (χ4v) is 1.82. The molecule has 1 atom stereocenters. The Kier molecular flexibility index (Phi) is 3.72. The third-order valence-corrected chi connectivity index (χ3v) is 2.87. The molecule has 0 N–H and O–H groups in total. The van der Waals surface area contributed by atoms with Gasteiger partial charge in [0.15, 0.2) is 0 Å². The van der Waals surface area contributed by atoms with Crippen molar-refractivity contribution in [3.63, 3.8) is 0 Å². The summed E-state index contributed by atoms with van der Waals surface area (Å²) in [7, 11) is 0. The quantitative estimate of drug-likeness (QED) is 0.844. The molecule has 15 heavy (non-hydrogen) atoms. The van der Waals surface area contributed by atoms with Gasteiger partial charge in [0.1, 0.15) is 5.82 Å². The Morgan fingerprint density at radius 1 is 1.53 bits per heavy atom. The average molecular weight is 275 g/mol. The molecule has 0 amide bonds. The molecule has 1 aliphatic heterocycles. The Bertz CT molecular complexity index is 337. The molecular formula is C11H12BrFO2. The molecule has 1 fully saturated rings. The van der Waals surface area contributed by atoms with Gasteiger partial charge in [-0.05, 0) is 18.6 Å². The predicted octanol–water partition coefficient (Wildman–Crippen LogP) is 2.89. The van der Waals surface area contributed by atoms with Crippen molar-refractivity contribution in [3.05, 3.63) is 34.1 Å². The lowest BCUT2D eigenvalue weighted by Gasteiger charge is -2.10. The van der Waals surface area contributed by atoms with Crippen molar-refractivity contribution in [2.24, 2.45) is 0 Å². The van der Waals surface area contributed by atoms with Crippen LogP contribution in [-0.4, -0.2) is 19.3 Å². The SMILES string of the molecule is Fc1cc(Br)ccc1COC1CCOC1. The standard InChI is InChI=1S/C11H12BrFO2/c12-9-2-1-8(11(13)5-9)6-15-10-3-4-14-7-10/h1-2,5,10H,3-4,6-7H2. The zero-order valence-corrected chi connectivity index (χ0v) is 9.80. The van der Waals surface area contributed by atoms with Crippen molar-refractivity contribution in [2.45, 2.75) is 19.1 Å². The Morgan fingerprint density at radius 2 is 2.40 bits per heavy atom. The number of rotatable bonds is 3. The van der Waals surface area contributed by atoms with Crippen molar-refractivity contribution in [1.29, 1.82) is 0 Å². The molecule has 0 aliphatic carbocycles. The molecule has 0 spiro atoms. The van der Waals surface area contributed by atoms with E-state index in [2.05, 4.69) is 15.9 Å². The van der Waals surface area contributed by atoms with Crippen LogP contribution in [0.4, 0.5) is 4.39 Å². The maximum Gasteiger partial charge on any atom is 0.129 e. The van der Waals surface area contributed by atoms with Crippen LogP contribution >= 0.6 is 15.9 Å². The van der Waals surface area contributed by atoms with Gasteiger partial charge in [0.05, 0.1) is 19.3 Å². The summed E-state index contributed by atoms with van der Waals surface area (Å²) < 4.78 is 24.8. The number of hydrogen-bond donors (Lipinski definition) is 0. The minimum atomic E-state index is -0.233. The topological polar surface area (TPSA) is 18.5 Å².